The lowest BCUT2D eigenvalue weighted by molar-refractivity contribution is -0.136. The standard InChI is InChI=1S/C24H27N3O3/c1-29-21-7-3-6-20(15-21)19-5-2-4-18(14-19)16-24(8-12-30-13-9-24)23(28)27-17-22-25-10-11-26-22/h2-7,10-11,14-15H,8-9,12-13,16-17H2,1H3,(H,25,26)(H,27,28). The van der Waals surface area contributed by atoms with Crippen LogP contribution in [0.4, 0.5) is 0 Å². The van der Waals surface area contributed by atoms with Crippen molar-refractivity contribution in [2.24, 2.45) is 5.41 Å². The number of imidazole rings is 1. The lowest BCUT2D eigenvalue weighted by Gasteiger charge is -2.36. The van der Waals surface area contributed by atoms with E-state index in [4.69, 9.17) is 9.47 Å². The van der Waals surface area contributed by atoms with Crippen molar-refractivity contribution in [1.29, 1.82) is 0 Å². The van der Waals surface area contributed by atoms with E-state index in [1.165, 1.54) is 0 Å². The second kappa shape index (κ2) is 9.13. The van der Waals surface area contributed by atoms with Crippen LogP contribution in [0.15, 0.2) is 60.9 Å². The molecule has 156 valence electrons. The Morgan fingerprint density at radius 2 is 1.93 bits per heavy atom. The molecule has 2 aromatic carbocycles. The van der Waals surface area contributed by atoms with E-state index in [0.29, 0.717) is 39.0 Å². The molecule has 1 aliphatic heterocycles. The van der Waals surface area contributed by atoms with Gasteiger partial charge in [0, 0.05) is 25.6 Å². The van der Waals surface area contributed by atoms with Gasteiger partial charge in [0.25, 0.3) is 0 Å². The first-order valence-corrected chi connectivity index (χ1v) is 10.3. The molecule has 6 nitrogen and oxygen atoms in total. The largest absolute Gasteiger partial charge is 0.497 e. The first kappa shape index (κ1) is 20.2. The van der Waals surface area contributed by atoms with Gasteiger partial charge in [0.2, 0.25) is 5.91 Å². The molecule has 6 heteroatoms. The molecule has 2 heterocycles. The van der Waals surface area contributed by atoms with E-state index in [0.717, 1.165) is 28.3 Å². The Kier molecular flexibility index (Phi) is 6.14. The van der Waals surface area contributed by atoms with Crippen LogP contribution in [0.1, 0.15) is 24.2 Å². The Morgan fingerprint density at radius 3 is 2.67 bits per heavy atom. The summed E-state index contributed by atoms with van der Waals surface area (Å²) >= 11 is 0. The van der Waals surface area contributed by atoms with Gasteiger partial charge in [-0.2, -0.15) is 0 Å². The van der Waals surface area contributed by atoms with Crippen LogP contribution < -0.4 is 10.1 Å². The molecule has 1 fully saturated rings. The molecule has 0 saturated carbocycles. The number of hydrogen-bond acceptors (Lipinski definition) is 4. The molecule has 3 aromatic rings. The Balaban J connectivity index is 1.55. The number of hydrogen-bond donors (Lipinski definition) is 2. The molecule has 1 aliphatic rings. The van der Waals surface area contributed by atoms with E-state index < -0.39 is 5.41 Å². The molecule has 4 rings (SSSR count). The molecular weight excluding hydrogens is 378 g/mol. The molecule has 30 heavy (non-hydrogen) atoms. The third kappa shape index (κ3) is 4.54. The molecule has 1 saturated heterocycles. The van der Waals surface area contributed by atoms with Crippen molar-refractivity contribution in [2.45, 2.75) is 25.8 Å². The minimum absolute atomic E-state index is 0.0639. The van der Waals surface area contributed by atoms with Crippen molar-refractivity contribution in [3.8, 4) is 16.9 Å². The maximum Gasteiger partial charge on any atom is 0.227 e. The molecule has 0 aliphatic carbocycles. The average Bonchev–Trinajstić information content (AvgIpc) is 3.32. The SMILES string of the molecule is COc1cccc(-c2cccc(CC3(C(=O)NCc4ncc[nH]4)CCOCC3)c2)c1. The maximum atomic E-state index is 13.2. The molecule has 0 atom stereocenters. The summed E-state index contributed by atoms with van der Waals surface area (Å²) in [5, 5.41) is 3.07. The van der Waals surface area contributed by atoms with Crippen molar-refractivity contribution in [3.05, 3.63) is 72.3 Å². The van der Waals surface area contributed by atoms with E-state index in [2.05, 4.69) is 45.6 Å². The zero-order valence-electron chi connectivity index (χ0n) is 17.2. The Bertz CT molecular complexity index is 979. The highest BCUT2D eigenvalue weighted by atomic mass is 16.5. The molecule has 1 aromatic heterocycles. The van der Waals surface area contributed by atoms with Gasteiger partial charge in [-0.05, 0) is 48.1 Å². The third-order valence-corrected chi connectivity index (χ3v) is 5.78. The van der Waals surface area contributed by atoms with Crippen LogP contribution in [-0.4, -0.2) is 36.2 Å². The molecule has 2 N–H and O–H groups in total. The Hall–Kier alpha value is -3.12. The fraction of sp³-hybridized carbons (Fsp3) is 0.333. The van der Waals surface area contributed by atoms with Crippen molar-refractivity contribution in [1.82, 2.24) is 15.3 Å². The average molecular weight is 405 g/mol. The molecule has 1 amide bonds. The summed E-state index contributed by atoms with van der Waals surface area (Å²) in [6.07, 6.45) is 5.55. The number of benzene rings is 2. The number of aromatic nitrogens is 2. The molecule has 0 spiro atoms. The summed E-state index contributed by atoms with van der Waals surface area (Å²) in [7, 11) is 1.67. The zero-order valence-corrected chi connectivity index (χ0v) is 17.2. The second-order valence-electron chi connectivity index (χ2n) is 7.72. The van der Waals surface area contributed by atoms with Crippen LogP contribution in [0.3, 0.4) is 0 Å². The smallest absolute Gasteiger partial charge is 0.227 e. The zero-order chi connectivity index (χ0) is 20.8. The number of nitrogens with one attached hydrogen (secondary N) is 2. The summed E-state index contributed by atoms with van der Waals surface area (Å²) in [5.74, 6) is 1.65. The summed E-state index contributed by atoms with van der Waals surface area (Å²) in [5.41, 5.74) is 2.88. The number of H-pyrrole nitrogens is 1. The van der Waals surface area contributed by atoms with Gasteiger partial charge in [0.1, 0.15) is 11.6 Å². The normalized spacial score (nSPS) is 15.5. The summed E-state index contributed by atoms with van der Waals surface area (Å²) in [6, 6.07) is 16.4. The molecule has 0 radical (unpaired) electrons. The van der Waals surface area contributed by atoms with E-state index in [1.807, 2.05) is 18.2 Å². The fourth-order valence-corrected chi connectivity index (χ4v) is 4.05. The predicted octanol–water partition coefficient (Wildman–Crippen LogP) is 3.74. The van der Waals surface area contributed by atoms with Crippen molar-refractivity contribution < 1.29 is 14.3 Å². The van der Waals surface area contributed by atoms with Gasteiger partial charge < -0.3 is 19.8 Å². The number of nitrogens with zero attached hydrogens (tertiary/aromatic N) is 1. The minimum Gasteiger partial charge on any atom is -0.497 e. The number of rotatable bonds is 7. The van der Waals surface area contributed by atoms with Gasteiger partial charge in [0.15, 0.2) is 0 Å². The quantitative estimate of drug-likeness (QED) is 0.628. The lowest BCUT2D eigenvalue weighted by Crippen LogP contribution is -2.46. The van der Waals surface area contributed by atoms with Crippen molar-refractivity contribution in [3.63, 3.8) is 0 Å². The van der Waals surface area contributed by atoms with E-state index >= 15 is 0 Å². The first-order valence-electron chi connectivity index (χ1n) is 10.3. The summed E-state index contributed by atoms with van der Waals surface area (Å²) < 4.78 is 10.9. The minimum atomic E-state index is -0.474. The number of methoxy groups -OCH3 is 1. The number of carbonyl (C=O) groups is 1. The van der Waals surface area contributed by atoms with Crippen LogP contribution in [0.5, 0.6) is 5.75 Å². The highest BCUT2D eigenvalue weighted by Crippen LogP contribution is 2.36. The Labute approximate surface area is 176 Å². The van der Waals surface area contributed by atoms with Gasteiger partial charge >= 0.3 is 0 Å². The summed E-state index contributed by atoms with van der Waals surface area (Å²) in [4.78, 5) is 20.5. The maximum absolute atomic E-state index is 13.2. The lowest BCUT2D eigenvalue weighted by atomic mass is 9.74. The fourth-order valence-electron chi connectivity index (χ4n) is 4.05. The topological polar surface area (TPSA) is 76.2 Å². The van der Waals surface area contributed by atoms with Gasteiger partial charge in [-0.1, -0.05) is 36.4 Å². The third-order valence-electron chi connectivity index (χ3n) is 5.78. The van der Waals surface area contributed by atoms with Crippen LogP contribution >= 0.6 is 0 Å². The highest BCUT2D eigenvalue weighted by molar-refractivity contribution is 5.83. The molecule has 0 bridgehead atoms. The van der Waals surface area contributed by atoms with Crippen LogP contribution in [0.2, 0.25) is 0 Å². The van der Waals surface area contributed by atoms with Gasteiger partial charge in [0.05, 0.1) is 19.1 Å². The Morgan fingerprint density at radius 1 is 1.17 bits per heavy atom. The van der Waals surface area contributed by atoms with Crippen LogP contribution in [-0.2, 0) is 22.5 Å². The van der Waals surface area contributed by atoms with Crippen molar-refractivity contribution in [2.75, 3.05) is 20.3 Å². The van der Waals surface area contributed by atoms with Gasteiger partial charge in [-0.3, -0.25) is 4.79 Å². The monoisotopic (exact) mass is 405 g/mol. The van der Waals surface area contributed by atoms with E-state index in [-0.39, 0.29) is 5.91 Å². The van der Waals surface area contributed by atoms with E-state index in [9.17, 15) is 4.79 Å². The first-order chi connectivity index (χ1) is 14.7. The van der Waals surface area contributed by atoms with Crippen LogP contribution in [0.25, 0.3) is 11.1 Å². The van der Waals surface area contributed by atoms with Crippen LogP contribution in [0, 0.1) is 5.41 Å². The van der Waals surface area contributed by atoms with Crippen molar-refractivity contribution >= 4 is 5.91 Å². The number of carbonyl (C=O) groups excluding carboxylic acids is 1. The van der Waals surface area contributed by atoms with Gasteiger partial charge in [-0.25, -0.2) is 4.98 Å². The second-order valence-corrected chi connectivity index (χ2v) is 7.72. The number of amides is 1. The molecule has 0 unspecified atom stereocenters. The predicted molar refractivity (Wildman–Crippen MR) is 115 cm³/mol. The summed E-state index contributed by atoms with van der Waals surface area (Å²) in [6.45, 7) is 1.60. The van der Waals surface area contributed by atoms with Gasteiger partial charge in [-0.15, -0.1) is 0 Å². The molecular formula is C24H27N3O3. The number of aromatic amines is 1. The number of ether oxygens (including phenoxy) is 2. The van der Waals surface area contributed by atoms with E-state index in [1.54, 1.807) is 19.5 Å². The highest BCUT2D eigenvalue weighted by Gasteiger charge is 2.40.